The molecular formula is C16H25N2O15P2S-. The van der Waals surface area contributed by atoms with Gasteiger partial charge in [-0.3, -0.25) is 18.4 Å². The number of aliphatic hydroxyl groups excluding tert-OH is 5. The highest BCUT2D eigenvalue weighted by Gasteiger charge is 2.48. The zero-order chi connectivity index (χ0) is 27.0. The van der Waals surface area contributed by atoms with Crippen LogP contribution < -0.4 is 10.2 Å². The van der Waals surface area contributed by atoms with E-state index in [4.69, 9.17) is 9.47 Å². The predicted octanol–water partition coefficient (Wildman–Crippen LogP) is -3.79. The van der Waals surface area contributed by atoms with Crippen molar-refractivity contribution in [1.82, 2.24) is 10.2 Å². The van der Waals surface area contributed by atoms with Gasteiger partial charge in [-0.25, -0.2) is 8.88 Å². The van der Waals surface area contributed by atoms with Crippen LogP contribution in [0.4, 0.5) is 0 Å². The molecule has 36 heavy (non-hydrogen) atoms. The minimum absolute atomic E-state index is 0.00690. The van der Waals surface area contributed by atoms with Gasteiger partial charge in [-0.2, -0.15) is 12.6 Å². The fourth-order valence-corrected chi connectivity index (χ4v) is 5.89. The Labute approximate surface area is 209 Å². The maximum absolute atomic E-state index is 12.2. The van der Waals surface area contributed by atoms with E-state index in [1.165, 1.54) is 11.1 Å². The summed E-state index contributed by atoms with van der Waals surface area (Å²) in [6, 6.07) is 0. The summed E-state index contributed by atoms with van der Waals surface area (Å²) in [7, 11) is -11.2. The molecule has 0 aromatic carbocycles. The van der Waals surface area contributed by atoms with E-state index in [1.54, 1.807) is 0 Å². The molecule has 11 atom stereocenters. The van der Waals surface area contributed by atoms with Gasteiger partial charge in [0.15, 0.2) is 12.5 Å². The number of nitrogens with one attached hydrogen (secondary N) is 1. The molecule has 17 nitrogen and oxygen atoms in total. The molecule has 0 aromatic rings. The predicted molar refractivity (Wildman–Crippen MR) is 115 cm³/mol. The topological polar surface area (TPSA) is 257 Å². The molecule has 0 spiro atoms. The minimum Gasteiger partial charge on any atom is -0.756 e. The van der Waals surface area contributed by atoms with Crippen LogP contribution in [0.5, 0.6) is 0 Å². The van der Waals surface area contributed by atoms with Gasteiger partial charge in [0.05, 0.1) is 24.6 Å². The van der Waals surface area contributed by atoms with Crippen LogP contribution in [-0.2, 0) is 36.8 Å². The van der Waals surface area contributed by atoms with Gasteiger partial charge in [-0.1, -0.05) is 6.58 Å². The number of carbonyl (C=O) groups is 1. The zero-order valence-corrected chi connectivity index (χ0v) is 20.8. The van der Waals surface area contributed by atoms with Gasteiger partial charge < -0.3 is 55.0 Å². The van der Waals surface area contributed by atoms with Crippen LogP contribution in [-0.4, -0.2) is 109 Å². The molecule has 2 fully saturated rings. The van der Waals surface area contributed by atoms with Crippen LogP contribution >= 0.6 is 28.3 Å². The number of phosphoric ester groups is 2. The number of nitrogens with zero attached hydrogens (tertiary/aromatic N) is 1. The van der Waals surface area contributed by atoms with E-state index >= 15 is 0 Å². The van der Waals surface area contributed by atoms with Gasteiger partial charge in [-0.05, 0) is 0 Å². The van der Waals surface area contributed by atoms with Gasteiger partial charge in [-0.15, -0.1) is 0 Å². The molecule has 0 radical (unpaired) electrons. The lowest BCUT2D eigenvalue weighted by Crippen LogP contribution is -2.57. The third kappa shape index (κ3) is 6.74. The lowest BCUT2D eigenvalue weighted by Gasteiger charge is -2.41. The maximum atomic E-state index is 12.2. The number of amides is 1. The second-order valence-electron chi connectivity index (χ2n) is 7.80. The number of carbonyl (C=O) groups excluding carboxylic acids is 1. The smallest absolute Gasteiger partial charge is 0.478 e. The minimum atomic E-state index is -5.73. The highest BCUT2D eigenvalue weighted by molar-refractivity contribution is 7.81. The molecule has 5 unspecified atom stereocenters. The second kappa shape index (κ2) is 11.4. The third-order valence-corrected chi connectivity index (χ3v) is 8.44. The normalized spacial score (nSPS) is 40.6. The third-order valence-electron chi connectivity index (χ3n) is 5.26. The van der Waals surface area contributed by atoms with E-state index in [-0.39, 0.29) is 5.82 Å². The summed E-state index contributed by atoms with van der Waals surface area (Å²) >= 11 is 3.89. The Bertz CT molecular complexity index is 968. The Balaban J connectivity index is 1.58. The first kappa shape index (κ1) is 29.6. The van der Waals surface area contributed by atoms with Crippen LogP contribution in [0.2, 0.25) is 0 Å². The fraction of sp³-hybridized carbons (Fsp3) is 0.688. The molecule has 3 rings (SSSR count). The summed E-state index contributed by atoms with van der Waals surface area (Å²) in [5, 5.41) is 50.5. The average molecular weight is 579 g/mol. The lowest BCUT2D eigenvalue weighted by atomic mass is 10.0. The fourth-order valence-electron chi connectivity index (χ4n) is 3.44. The summed E-state index contributed by atoms with van der Waals surface area (Å²) in [5.74, 6) is -0.488. The van der Waals surface area contributed by atoms with Crippen molar-refractivity contribution in [3.05, 3.63) is 24.7 Å². The summed E-state index contributed by atoms with van der Waals surface area (Å²) in [6.45, 7) is 1.83. The molecule has 1 amide bonds. The summed E-state index contributed by atoms with van der Waals surface area (Å²) in [6.07, 6.45) is -10.5. The Morgan fingerprint density at radius 2 is 1.81 bits per heavy atom. The largest absolute Gasteiger partial charge is 0.756 e. The Morgan fingerprint density at radius 3 is 2.42 bits per heavy atom. The number of aliphatic hydroxyl groups is 5. The van der Waals surface area contributed by atoms with Crippen LogP contribution in [0.15, 0.2) is 24.7 Å². The van der Waals surface area contributed by atoms with Gasteiger partial charge in [0.1, 0.15) is 36.3 Å². The highest BCUT2D eigenvalue weighted by Crippen LogP contribution is 2.59. The lowest BCUT2D eigenvalue weighted by molar-refractivity contribution is -0.278. The molecule has 2 saturated heterocycles. The van der Waals surface area contributed by atoms with Crippen molar-refractivity contribution < 1.29 is 72.1 Å². The number of thiol groups is 1. The molecular weight excluding hydrogens is 554 g/mol. The van der Waals surface area contributed by atoms with E-state index in [0.717, 1.165) is 6.08 Å². The summed E-state index contributed by atoms with van der Waals surface area (Å²) in [5.41, 5.74) is 0. The molecule has 0 aromatic heterocycles. The van der Waals surface area contributed by atoms with Gasteiger partial charge in [0, 0.05) is 12.3 Å². The highest BCUT2D eigenvalue weighted by atomic mass is 32.1. The number of phosphoric acid groups is 2. The van der Waals surface area contributed by atoms with Gasteiger partial charge >= 0.3 is 7.82 Å². The Morgan fingerprint density at radius 1 is 1.14 bits per heavy atom. The maximum Gasteiger partial charge on any atom is 0.478 e. The van der Waals surface area contributed by atoms with Gasteiger partial charge in [0.25, 0.3) is 13.7 Å². The molecule has 7 N–H and O–H groups in total. The first-order valence-corrected chi connectivity index (χ1v) is 13.6. The average Bonchev–Trinajstić information content (AvgIpc) is 3.06. The Kier molecular flexibility index (Phi) is 9.42. The molecule has 3 aliphatic rings. The van der Waals surface area contributed by atoms with Crippen LogP contribution in [0, 0.1) is 0 Å². The number of rotatable bonds is 9. The zero-order valence-electron chi connectivity index (χ0n) is 18.1. The SMILES string of the molecule is C=C1NC(=O)C=CN1[C@@H]1O[C@H](COP(=O)(O)OP(=O)([O-])O[C@@H]2OC(CO)[C@H](O)[C@H](S)C2O)[C@H](O)C1O. The Hall–Kier alpha value is -0.920. The standard InChI is InChI=1S/C16H26N2O15P2S/c1-6-17-9(20)2-3-18(6)15-12(23)10(21)8(30-15)5-29-34(25,26)33-35(27,28)32-16-13(24)14(36)11(22)7(4-19)31-16/h2-3,7-8,10-16,19,21-24,36H,1,4-5H2,(H,17,20)(H,25,26)(H,27,28)/p-1/t7?,8-,10+,11+,12?,13?,14+,15-,16+/m1/s1. The van der Waals surface area contributed by atoms with Crippen molar-refractivity contribution in [2.75, 3.05) is 13.2 Å². The first-order chi connectivity index (χ1) is 16.7. The molecule has 20 heteroatoms. The van der Waals surface area contributed by atoms with Crippen molar-refractivity contribution in [2.24, 2.45) is 0 Å². The van der Waals surface area contributed by atoms with E-state index in [9.17, 15) is 49.2 Å². The number of hydrogen-bond acceptors (Lipinski definition) is 16. The summed E-state index contributed by atoms with van der Waals surface area (Å²) < 4.78 is 47.7. The van der Waals surface area contributed by atoms with Gasteiger partial charge in [0.2, 0.25) is 0 Å². The van der Waals surface area contributed by atoms with Crippen molar-refractivity contribution >= 4 is 34.2 Å². The van der Waals surface area contributed by atoms with Crippen molar-refractivity contribution in [2.45, 2.75) is 54.4 Å². The van der Waals surface area contributed by atoms with E-state index < -0.39 is 89.2 Å². The quantitative estimate of drug-likeness (QED) is 0.0962. The van der Waals surface area contributed by atoms with E-state index in [1.807, 2.05) is 0 Å². The molecule has 3 aliphatic heterocycles. The molecule has 206 valence electrons. The first-order valence-electron chi connectivity index (χ1n) is 10.1. The molecule has 0 saturated carbocycles. The van der Waals surface area contributed by atoms with Crippen LogP contribution in [0.25, 0.3) is 0 Å². The number of ether oxygens (including phenoxy) is 2. The van der Waals surface area contributed by atoms with Crippen molar-refractivity contribution in [3.63, 3.8) is 0 Å². The van der Waals surface area contributed by atoms with Crippen LogP contribution in [0.1, 0.15) is 0 Å². The second-order valence-corrected chi connectivity index (χ2v) is 11.4. The monoisotopic (exact) mass is 579 g/mol. The van der Waals surface area contributed by atoms with Crippen molar-refractivity contribution in [3.8, 4) is 0 Å². The van der Waals surface area contributed by atoms with Crippen molar-refractivity contribution in [1.29, 1.82) is 0 Å². The van der Waals surface area contributed by atoms with Crippen LogP contribution in [0.3, 0.4) is 0 Å². The summed E-state index contributed by atoms with van der Waals surface area (Å²) in [4.78, 5) is 34.5. The van der Waals surface area contributed by atoms with E-state index in [0.29, 0.717) is 0 Å². The molecule has 0 aliphatic carbocycles. The van der Waals surface area contributed by atoms with E-state index in [2.05, 4.69) is 37.9 Å². The molecule has 3 heterocycles. The molecule has 0 bridgehead atoms. The number of hydrogen-bond donors (Lipinski definition) is 8.